The zero-order valence-electron chi connectivity index (χ0n) is 8.81. The molecule has 0 saturated carbocycles. The minimum absolute atomic E-state index is 0.387. The molecule has 3 rings (SSSR count). The standard InChI is InChI=1S/C10H13N5O/c1-3-11-4-2-7(1)10-14-9(15-16-10)8-12-5-6-13-8/h5-7,11H,1-4H2,(H,12,13). The molecule has 0 bridgehead atoms. The van der Waals surface area contributed by atoms with Crippen LogP contribution in [0.1, 0.15) is 24.7 Å². The summed E-state index contributed by atoms with van der Waals surface area (Å²) in [5.74, 6) is 2.31. The number of rotatable bonds is 2. The van der Waals surface area contributed by atoms with Crippen LogP contribution in [0.5, 0.6) is 0 Å². The maximum atomic E-state index is 5.28. The van der Waals surface area contributed by atoms with E-state index in [0.717, 1.165) is 31.8 Å². The van der Waals surface area contributed by atoms with Gasteiger partial charge in [0.1, 0.15) is 0 Å². The van der Waals surface area contributed by atoms with Crippen molar-refractivity contribution in [3.63, 3.8) is 0 Å². The van der Waals surface area contributed by atoms with Gasteiger partial charge < -0.3 is 14.8 Å². The van der Waals surface area contributed by atoms with Crippen molar-refractivity contribution in [1.29, 1.82) is 0 Å². The lowest BCUT2D eigenvalue weighted by Gasteiger charge is -2.18. The number of aromatic amines is 1. The number of aromatic nitrogens is 4. The highest BCUT2D eigenvalue weighted by Gasteiger charge is 2.22. The van der Waals surface area contributed by atoms with Crippen LogP contribution in [0.2, 0.25) is 0 Å². The van der Waals surface area contributed by atoms with E-state index in [1.165, 1.54) is 0 Å². The first-order valence-electron chi connectivity index (χ1n) is 5.47. The van der Waals surface area contributed by atoms with Crippen LogP contribution >= 0.6 is 0 Å². The van der Waals surface area contributed by atoms with Gasteiger partial charge in [-0.15, -0.1) is 0 Å². The molecular weight excluding hydrogens is 206 g/mol. The van der Waals surface area contributed by atoms with Crippen molar-refractivity contribution in [2.75, 3.05) is 13.1 Å². The predicted octanol–water partition coefficient (Wildman–Crippen LogP) is 0.927. The van der Waals surface area contributed by atoms with Gasteiger partial charge in [0.25, 0.3) is 0 Å². The summed E-state index contributed by atoms with van der Waals surface area (Å²) in [6.45, 7) is 2.03. The fourth-order valence-electron chi connectivity index (χ4n) is 1.95. The second kappa shape index (κ2) is 4.05. The number of nitrogens with zero attached hydrogens (tertiary/aromatic N) is 3. The van der Waals surface area contributed by atoms with Crippen LogP contribution in [0.3, 0.4) is 0 Å². The Bertz CT molecular complexity index is 443. The molecule has 0 atom stereocenters. The summed E-state index contributed by atoms with van der Waals surface area (Å²) in [6.07, 6.45) is 5.53. The minimum Gasteiger partial charge on any atom is -0.342 e. The highest BCUT2D eigenvalue weighted by atomic mass is 16.5. The zero-order valence-corrected chi connectivity index (χ0v) is 8.81. The maximum absolute atomic E-state index is 5.28. The van der Waals surface area contributed by atoms with E-state index in [1.807, 2.05) is 0 Å². The number of piperidine rings is 1. The lowest BCUT2D eigenvalue weighted by molar-refractivity contribution is 0.320. The van der Waals surface area contributed by atoms with Gasteiger partial charge in [0.2, 0.25) is 11.7 Å². The monoisotopic (exact) mass is 219 g/mol. The largest absolute Gasteiger partial charge is 0.342 e. The number of imidazole rings is 1. The smallest absolute Gasteiger partial charge is 0.238 e. The fourth-order valence-corrected chi connectivity index (χ4v) is 1.95. The Morgan fingerprint density at radius 1 is 1.31 bits per heavy atom. The Balaban J connectivity index is 1.82. The van der Waals surface area contributed by atoms with Gasteiger partial charge in [-0.25, -0.2) is 4.98 Å². The van der Waals surface area contributed by atoms with Gasteiger partial charge in [0.05, 0.1) is 0 Å². The molecule has 0 amide bonds. The average molecular weight is 219 g/mol. The highest BCUT2D eigenvalue weighted by molar-refractivity contribution is 5.40. The molecule has 0 radical (unpaired) electrons. The molecule has 0 aliphatic carbocycles. The first kappa shape index (κ1) is 9.53. The van der Waals surface area contributed by atoms with Gasteiger partial charge in [-0.1, -0.05) is 5.16 Å². The number of hydrogen-bond donors (Lipinski definition) is 2. The predicted molar refractivity (Wildman–Crippen MR) is 56.7 cm³/mol. The zero-order chi connectivity index (χ0) is 10.8. The molecule has 2 N–H and O–H groups in total. The average Bonchev–Trinajstić information content (AvgIpc) is 3.01. The van der Waals surface area contributed by atoms with Crippen LogP contribution in [0, 0.1) is 0 Å². The van der Waals surface area contributed by atoms with Crippen LogP contribution in [-0.4, -0.2) is 33.2 Å². The molecule has 1 aliphatic heterocycles. The molecule has 2 aromatic rings. The number of H-pyrrole nitrogens is 1. The van der Waals surface area contributed by atoms with E-state index in [-0.39, 0.29) is 0 Å². The molecule has 84 valence electrons. The quantitative estimate of drug-likeness (QED) is 0.785. The molecule has 16 heavy (non-hydrogen) atoms. The summed E-state index contributed by atoms with van der Waals surface area (Å²) >= 11 is 0. The molecule has 1 aliphatic rings. The SMILES string of the molecule is c1c[nH]c(-c2noc(C3CCNCC3)n2)n1. The number of nitrogens with one attached hydrogen (secondary N) is 2. The number of hydrogen-bond acceptors (Lipinski definition) is 5. The molecule has 1 saturated heterocycles. The molecule has 1 fully saturated rings. The van der Waals surface area contributed by atoms with E-state index in [0.29, 0.717) is 17.6 Å². The summed E-state index contributed by atoms with van der Waals surface area (Å²) in [6, 6.07) is 0. The highest BCUT2D eigenvalue weighted by Crippen LogP contribution is 2.24. The molecule has 0 unspecified atom stereocenters. The molecule has 6 nitrogen and oxygen atoms in total. The third kappa shape index (κ3) is 1.71. The summed E-state index contributed by atoms with van der Waals surface area (Å²) < 4.78 is 5.28. The fraction of sp³-hybridized carbons (Fsp3) is 0.500. The summed E-state index contributed by atoms with van der Waals surface area (Å²) in [7, 11) is 0. The summed E-state index contributed by atoms with van der Waals surface area (Å²) in [5, 5.41) is 7.24. The van der Waals surface area contributed by atoms with Crippen molar-refractivity contribution in [1.82, 2.24) is 25.4 Å². The Kier molecular flexibility index (Phi) is 2.41. The molecule has 3 heterocycles. The Hall–Kier alpha value is -1.69. The van der Waals surface area contributed by atoms with Gasteiger partial charge in [0.15, 0.2) is 5.82 Å². The van der Waals surface area contributed by atoms with E-state index < -0.39 is 0 Å². The molecule has 2 aromatic heterocycles. The van der Waals surface area contributed by atoms with Crippen LogP contribution in [0.15, 0.2) is 16.9 Å². The Labute approximate surface area is 92.5 Å². The molecular formula is C10H13N5O. The first-order chi connectivity index (χ1) is 7.93. The molecule has 0 spiro atoms. The van der Waals surface area contributed by atoms with Crippen molar-refractivity contribution in [3.8, 4) is 11.6 Å². The normalized spacial score (nSPS) is 17.8. The van der Waals surface area contributed by atoms with Gasteiger partial charge in [-0.2, -0.15) is 4.98 Å². The summed E-state index contributed by atoms with van der Waals surface area (Å²) in [5.41, 5.74) is 0. The van der Waals surface area contributed by atoms with E-state index in [2.05, 4.69) is 25.4 Å². The minimum atomic E-state index is 0.387. The van der Waals surface area contributed by atoms with Crippen LogP contribution in [0.4, 0.5) is 0 Å². The van der Waals surface area contributed by atoms with Crippen molar-refractivity contribution < 1.29 is 4.52 Å². The van der Waals surface area contributed by atoms with Gasteiger partial charge in [-0.05, 0) is 25.9 Å². The van der Waals surface area contributed by atoms with E-state index >= 15 is 0 Å². The van der Waals surface area contributed by atoms with Gasteiger partial charge >= 0.3 is 0 Å². The Morgan fingerprint density at radius 3 is 2.94 bits per heavy atom. The second-order valence-corrected chi connectivity index (χ2v) is 3.92. The topological polar surface area (TPSA) is 79.6 Å². The van der Waals surface area contributed by atoms with Crippen LogP contribution < -0.4 is 5.32 Å². The van der Waals surface area contributed by atoms with Crippen molar-refractivity contribution >= 4 is 0 Å². The van der Waals surface area contributed by atoms with Crippen molar-refractivity contribution in [2.24, 2.45) is 0 Å². The molecule has 6 heteroatoms. The summed E-state index contributed by atoms with van der Waals surface area (Å²) in [4.78, 5) is 11.4. The van der Waals surface area contributed by atoms with Crippen LogP contribution in [0.25, 0.3) is 11.6 Å². The lowest BCUT2D eigenvalue weighted by Crippen LogP contribution is -2.26. The van der Waals surface area contributed by atoms with Crippen molar-refractivity contribution in [2.45, 2.75) is 18.8 Å². The third-order valence-corrected chi connectivity index (χ3v) is 2.84. The van der Waals surface area contributed by atoms with E-state index in [4.69, 9.17) is 4.52 Å². The van der Waals surface area contributed by atoms with E-state index in [1.54, 1.807) is 12.4 Å². The first-order valence-corrected chi connectivity index (χ1v) is 5.47. The van der Waals surface area contributed by atoms with E-state index in [9.17, 15) is 0 Å². The molecule has 0 aromatic carbocycles. The van der Waals surface area contributed by atoms with Crippen molar-refractivity contribution in [3.05, 3.63) is 18.3 Å². The van der Waals surface area contributed by atoms with Gasteiger partial charge in [0, 0.05) is 18.3 Å². The Morgan fingerprint density at radius 2 is 2.19 bits per heavy atom. The lowest BCUT2D eigenvalue weighted by atomic mass is 9.98. The third-order valence-electron chi connectivity index (χ3n) is 2.84. The van der Waals surface area contributed by atoms with Gasteiger partial charge in [-0.3, -0.25) is 0 Å². The second-order valence-electron chi connectivity index (χ2n) is 3.92. The van der Waals surface area contributed by atoms with Crippen LogP contribution in [-0.2, 0) is 0 Å². The maximum Gasteiger partial charge on any atom is 0.238 e.